The predicted molar refractivity (Wildman–Crippen MR) is 52.1 cm³/mol. The molecule has 0 radical (unpaired) electrons. The van der Waals surface area contributed by atoms with E-state index >= 15 is 0 Å². The second kappa shape index (κ2) is 4.87. The molecule has 0 saturated carbocycles. The molecule has 0 aliphatic heterocycles. The van der Waals surface area contributed by atoms with Crippen molar-refractivity contribution in [1.29, 1.82) is 5.26 Å². The van der Waals surface area contributed by atoms with Crippen molar-refractivity contribution in [3.05, 3.63) is 23.3 Å². The lowest BCUT2D eigenvalue weighted by Crippen LogP contribution is -2.21. The lowest BCUT2D eigenvalue weighted by atomic mass is 10.1. The van der Waals surface area contributed by atoms with Crippen LogP contribution in [0, 0.1) is 11.3 Å². The summed E-state index contributed by atoms with van der Waals surface area (Å²) < 4.78 is 77.6. The summed E-state index contributed by atoms with van der Waals surface area (Å²) in [5, 5.41) is 8.58. The molecule has 0 aromatic heterocycles. The number of anilines is 1. The Morgan fingerprint density at radius 2 is 1.74 bits per heavy atom. The maximum atomic E-state index is 12.6. The third kappa shape index (κ3) is 3.94. The first-order valence-corrected chi connectivity index (χ1v) is 4.65. The van der Waals surface area contributed by atoms with Crippen LogP contribution in [0.25, 0.3) is 0 Å². The summed E-state index contributed by atoms with van der Waals surface area (Å²) in [6, 6.07) is 2.35. The molecule has 0 aliphatic carbocycles. The lowest BCUT2D eigenvalue weighted by molar-refractivity contribution is -0.158. The van der Waals surface area contributed by atoms with Crippen LogP contribution in [0.5, 0.6) is 5.75 Å². The van der Waals surface area contributed by atoms with Crippen molar-refractivity contribution in [2.24, 2.45) is 0 Å². The van der Waals surface area contributed by atoms with Crippen LogP contribution in [-0.4, -0.2) is 12.8 Å². The van der Waals surface area contributed by atoms with Crippen LogP contribution < -0.4 is 10.5 Å². The van der Waals surface area contributed by atoms with E-state index < -0.39 is 41.5 Å². The van der Waals surface area contributed by atoms with Crippen LogP contribution in [-0.2, 0) is 6.18 Å². The molecule has 0 unspecified atom stereocenters. The van der Waals surface area contributed by atoms with Crippen LogP contribution >= 0.6 is 0 Å². The number of nitrogens with two attached hydrogens (primary N) is 1. The molecule has 0 saturated heterocycles. The number of halogens is 6. The molecule has 104 valence electrons. The van der Waals surface area contributed by atoms with Gasteiger partial charge in [0.25, 0.3) is 0 Å². The molecule has 19 heavy (non-hydrogen) atoms. The third-order valence-corrected chi connectivity index (χ3v) is 1.97. The minimum absolute atomic E-state index is 0.365. The molecule has 0 aliphatic rings. The highest BCUT2D eigenvalue weighted by Gasteiger charge is 2.37. The summed E-state index contributed by atoms with van der Waals surface area (Å²) in [7, 11) is 0. The van der Waals surface area contributed by atoms with Crippen molar-refractivity contribution >= 4 is 5.69 Å². The van der Waals surface area contributed by atoms with E-state index in [2.05, 4.69) is 4.74 Å². The molecule has 0 spiro atoms. The first-order valence-electron chi connectivity index (χ1n) is 4.65. The molecule has 0 bridgehead atoms. The molecular weight excluding hydrogens is 278 g/mol. The Morgan fingerprint density at radius 1 is 1.16 bits per heavy atom. The zero-order valence-electron chi connectivity index (χ0n) is 9.06. The van der Waals surface area contributed by atoms with Gasteiger partial charge >= 0.3 is 12.4 Å². The van der Waals surface area contributed by atoms with Gasteiger partial charge < -0.3 is 10.5 Å². The van der Waals surface area contributed by atoms with Crippen LogP contribution in [0.2, 0.25) is 0 Å². The molecule has 9 heteroatoms. The lowest BCUT2D eigenvalue weighted by Gasteiger charge is -2.16. The SMILES string of the molecule is N#Cc1cc(OCC(F)(F)F)c(C(F)(F)F)cc1N. The van der Waals surface area contributed by atoms with E-state index in [0.717, 1.165) is 0 Å². The number of alkyl halides is 6. The molecule has 0 fully saturated rings. The molecule has 1 rings (SSSR count). The van der Waals surface area contributed by atoms with E-state index in [1.54, 1.807) is 0 Å². The quantitative estimate of drug-likeness (QED) is 0.670. The fraction of sp³-hybridized carbons (Fsp3) is 0.300. The van der Waals surface area contributed by atoms with Gasteiger partial charge in [0.2, 0.25) is 0 Å². The molecule has 0 heterocycles. The maximum Gasteiger partial charge on any atom is 0.422 e. The minimum Gasteiger partial charge on any atom is -0.483 e. The van der Waals surface area contributed by atoms with E-state index in [1.165, 1.54) is 6.07 Å². The van der Waals surface area contributed by atoms with E-state index in [0.29, 0.717) is 12.1 Å². The Bertz CT molecular complexity index is 514. The van der Waals surface area contributed by atoms with Gasteiger partial charge in [-0.2, -0.15) is 31.6 Å². The van der Waals surface area contributed by atoms with Gasteiger partial charge in [-0.3, -0.25) is 0 Å². The highest BCUT2D eigenvalue weighted by molar-refractivity contribution is 5.60. The van der Waals surface area contributed by atoms with Gasteiger partial charge in [-0.15, -0.1) is 0 Å². The molecule has 1 aromatic carbocycles. The van der Waals surface area contributed by atoms with Gasteiger partial charge in [0.15, 0.2) is 6.61 Å². The Morgan fingerprint density at radius 3 is 2.16 bits per heavy atom. The fourth-order valence-electron chi connectivity index (χ4n) is 1.19. The Kier molecular flexibility index (Phi) is 3.83. The molecule has 1 aromatic rings. The second-order valence-electron chi connectivity index (χ2n) is 3.45. The standard InChI is InChI=1S/C10H6F6N2O/c11-9(12,13)4-19-8-1-5(3-17)7(18)2-6(8)10(14,15)16/h1-2H,4,18H2. The molecule has 0 amide bonds. The zero-order valence-corrected chi connectivity index (χ0v) is 9.06. The van der Waals surface area contributed by atoms with E-state index in [4.69, 9.17) is 11.0 Å². The average Bonchev–Trinajstić information content (AvgIpc) is 2.24. The monoisotopic (exact) mass is 284 g/mol. The maximum absolute atomic E-state index is 12.6. The highest BCUT2D eigenvalue weighted by Crippen LogP contribution is 2.39. The minimum atomic E-state index is -4.94. The topological polar surface area (TPSA) is 59.0 Å². The number of benzene rings is 1. The first-order chi connectivity index (χ1) is 8.54. The van der Waals surface area contributed by atoms with Crippen molar-refractivity contribution in [1.82, 2.24) is 0 Å². The Balaban J connectivity index is 3.23. The highest BCUT2D eigenvalue weighted by atomic mass is 19.4. The van der Waals surface area contributed by atoms with Gasteiger partial charge in [-0.05, 0) is 6.07 Å². The van der Waals surface area contributed by atoms with E-state index in [1.807, 2.05) is 0 Å². The van der Waals surface area contributed by atoms with Crippen LogP contribution in [0.15, 0.2) is 12.1 Å². The van der Waals surface area contributed by atoms with Crippen molar-refractivity contribution in [2.45, 2.75) is 12.4 Å². The van der Waals surface area contributed by atoms with E-state index in [-0.39, 0.29) is 0 Å². The van der Waals surface area contributed by atoms with Crippen LogP contribution in [0.1, 0.15) is 11.1 Å². The Hall–Kier alpha value is -2.11. The van der Waals surface area contributed by atoms with Gasteiger partial charge in [0.05, 0.1) is 16.8 Å². The van der Waals surface area contributed by atoms with Crippen molar-refractivity contribution in [3.63, 3.8) is 0 Å². The summed E-state index contributed by atoms with van der Waals surface area (Å²) in [5.74, 6) is -1.09. The second-order valence-corrected chi connectivity index (χ2v) is 3.45. The van der Waals surface area contributed by atoms with Gasteiger partial charge in [0, 0.05) is 6.07 Å². The Labute approximate surface area is 103 Å². The van der Waals surface area contributed by atoms with Crippen LogP contribution in [0.3, 0.4) is 0 Å². The van der Waals surface area contributed by atoms with Crippen LogP contribution in [0.4, 0.5) is 32.0 Å². The van der Waals surface area contributed by atoms with Crippen molar-refractivity contribution in [2.75, 3.05) is 12.3 Å². The molecular formula is C10H6F6N2O. The summed E-state index contributed by atoms with van der Waals surface area (Å²) in [4.78, 5) is 0. The average molecular weight is 284 g/mol. The van der Waals surface area contributed by atoms with Gasteiger partial charge in [-0.25, -0.2) is 0 Å². The fourth-order valence-corrected chi connectivity index (χ4v) is 1.19. The largest absolute Gasteiger partial charge is 0.483 e. The summed E-state index contributed by atoms with van der Waals surface area (Å²) in [6.07, 6.45) is -9.74. The number of hydrogen-bond donors (Lipinski definition) is 1. The third-order valence-electron chi connectivity index (χ3n) is 1.97. The number of rotatable bonds is 2. The number of hydrogen-bond acceptors (Lipinski definition) is 3. The number of ether oxygens (including phenoxy) is 1. The predicted octanol–water partition coefficient (Wildman–Crippen LogP) is 3.10. The smallest absolute Gasteiger partial charge is 0.422 e. The van der Waals surface area contributed by atoms with Crippen molar-refractivity contribution in [3.8, 4) is 11.8 Å². The van der Waals surface area contributed by atoms with Gasteiger partial charge in [-0.1, -0.05) is 0 Å². The van der Waals surface area contributed by atoms with E-state index in [9.17, 15) is 26.3 Å². The number of nitriles is 1. The summed E-state index contributed by atoms with van der Waals surface area (Å²) in [5.41, 5.74) is 2.83. The normalized spacial score (nSPS) is 12.1. The molecule has 2 N–H and O–H groups in total. The number of nitrogens with zero attached hydrogens (tertiary/aromatic N) is 1. The molecule has 0 atom stereocenters. The van der Waals surface area contributed by atoms with Crippen molar-refractivity contribution < 1.29 is 31.1 Å². The molecule has 3 nitrogen and oxygen atoms in total. The summed E-state index contributed by atoms with van der Waals surface area (Å²) >= 11 is 0. The van der Waals surface area contributed by atoms with Gasteiger partial charge in [0.1, 0.15) is 11.8 Å². The zero-order chi connectivity index (χ0) is 14.8. The number of nitrogen functional groups attached to an aromatic ring is 1. The first kappa shape index (κ1) is 14.9. The summed E-state index contributed by atoms with van der Waals surface area (Å²) in [6.45, 7) is -1.90.